The first kappa shape index (κ1) is 14.3. The lowest BCUT2D eigenvalue weighted by atomic mass is 10.1. The van der Waals surface area contributed by atoms with Gasteiger partial charge >= 0.3 is 0 Å². The number of nitrogens with zero attached hydrogens (tertiary/aromatic N) is 3. The Morgan fingerprint density at radius 1 is 1.50 bits per heavy atom. The maximum Gasteiger partial charge on any atom is 0.289 e. The van der Waals surface area contributed by atoms with Gasteiger partial charge < -0.3 is 14.3 Å². The number of imidazole rings is 1. The molecule has 108 valence electrons. The standard InChI is InChI=1S/C14H20N4O2/c1-5-6-11(13-15-7-8-18(13)4)17-14(19)12-9(2)16-10(3)20-12/h7-8,11H,5-6H2,1-4H3,(H,17,19)/t11-/m0/s1. The zero-order chi connectivity index (χ0) is 14.7. The summed E-state index contributed by atoms with van der Waals surface area (Å²) in [5, 5.41) is 2.98. The number of carbonyl (C=O) groups excluding carboxylic acids is 1. The highest BCUT2D eigenvalue weighted by Gasteiger charge is 2.22. The second-order valence-corrected chi connectivity index (χ2v) is 4.86. The number of rotatable bonds is 5. The van der Waals surface area contributed by atoms with Crippen LogP contribution in [0.1, 0.15) is 53.8 Å². The van der Waals surface area contributed by atoms with Crippen molar-refractivity contribution in [3.05, 3.63) is 35.6 Å². The lowest BCUT2D eigenvalue weighted by molar-refractivity contribution is 0.0901. The summed E-state index contributed by atoms with van der Waals surface area (Å²) >= 11 is 0. The van der Waals surface area contributed by atoms with E-state index in [1.807, 2.05) is 17.8 Å². The molecule has 0 aromatic carbocycles. The molecule has 0 bridgehead atoms. The van der Waals surface area contributed by atoms with Gasteiger partial charge in [-0.2, -0.15) is 0 Å². The first-order chi connectivity index (χ1) is 9.52. The van der Waals surface area contributed by atoms with E-state index in [0.717, 1.165) is 18.7 Å². The van der Waals surface area contributed by atoms with E-state index in [-0.39, 0.29) is 17.7 Å². The Bertz CT molecular complexity index is 600. The molecule has 0 saturated heterocycles. The number of oxazole rings is 1. The molecule has 0 spiro atoms. The van der Waals surface area contributed by atoms with Crippen molar-refractivity contribution in [2.24, 2.45) is 7.05 Å². The van der Waals surface area contributed by atoms with Crippen LogP contribution >= 0.6 is 0 Å². The van der Waals surface area contributed by atoms with Crippen molar-refractivity contribution in [2.75, 3.05) is 0 Å². The normalized spacial score (nSPS) is 12.4. The maximum absolute atomic E-state index is 12.3. The molecule has 1 amide bonds. The van der Waals surface area contributed by atoms with Crippen LogP contribution in [0, 0.1) is 13.8 Å². The molecule has 2 aromatic heterocycles. The third kappa shape index (κ3) is 2.89. The topological polar surface area (TPSA) is 73.0 Å². The van der Waals surface area contributed by atoms with E-state index in [1.54, 1.807) is 20.0 Å². The summed E-state index contributed by atoms with van der Waals surface area (Å²) in [6, 6.07) is -0.127. The predicted octanol–water partition coefficient (Wildman–Crippen LogP) is 2.30. The molecular formula is C14H20N4O2. The summed E-state index contributed by atoms with van der Waals surface area (Å²) < 4.78 is 7.27. The number of amides is 1. The van der Waals surface area contributed by atoms with Crippen molar-refractivity contribution in [3.8, 4) is 0 Å². The molecule has 6 nitrogen and oxygen atoms in total. The summed E-state index contributed by atoms with van der Waals surface area (Å²) in [6.07, 6.45) is 5.37. The van der Waals surface area contributed by atoms with Crippen molar-refractivity contribution in [3.63, 3.8) is 0 Å². The lowest BCUT2D eigenvalue weighted by Gasteiger charge is -2.17. The van der Waals surface area contributed by atoms with Crippen molar-refractivity contribution in [1.29, 1.82) is 0 Å². The van der Waals surface area contributed by atoms with Crippen LogP contribution in [0.2, 0.25) is 0 Å². The molecule has 0 saturated carbocycles. The zero-order valence-electron chi connectivity index (χ0n) is 12.3. The Morgan fingerprint density at radius 3 is 2.75 bits per heavy atom. The second kappa shape index (κ2) is 5.90. The van der Waals surface area contributed by atoms with E-state index in [0.29, 0.717) is 11.6 Å². The van der Waals surface area contributed by atoms with E-state index in [9.17, 15) is 4.79 Å². The summed E-state index contributed by atoms with van der Waals surface area (Å²) in [7, 11) is 1.92. The summed E-state index contributed by atoms with van der Waals surface area (Å²) in [4.78, 5) is 20.7. The maximum atomic E-state index is 12.3. The van der Waals surface area contributed by atoms with Gasteiger partial charge in [-0.1, -0.05) is 13.3 Å². The van der Waals surface area contributed by atoms with Gasteiger partial charge in [-0.05, 0) is 13.3 Å². The van der Waals surface area contributed by atoms with Gasteiger partial charge in [-0.15, -0.1) is 0 Å². The SMILES string of the molecule is CCC[C@H](NC(=O)c1oc(C)nc1C)c1nccn1C. The molecule has 1 atom stereocenters. The van der Waals surface area contributed by atoms with Crippen LogP contribution in [0.3, 0.4) is 0 Å². The molecule has 2 aromatic rings. The Hall–Kier alpha value is -2.11. The number of aromatic nitrogens is 3. The molecule has 2 heterocycles. The van der Waals surface area contributed by atoms with Crippen molar-refractivity contribution < 1.29 is 9.21 Å². The molecule has 0 aliphatic heterocycles. The zero-order valence-corrected chi connectivity index (χ0v) is 12.3. The molecule has 0 radical (unpaired) electrons. The number of aryl methyl sites for hydroxylation is 3. The van der Waals surface area contributed by atoms with Gasteiger partial charge in [0, 0.05) is 26.4 Å². The highest BCUT2D eigenvalue weighted by molar-refractivity contribution is 5.92. The van der Waals surface area contributed by atoms with Crippen molar-refractivity contribution >= 4 is 5.91 Å². The Kier molecular flexibility index (Phi) is 4.22. The van der Waals surface area contributed by atoms with Crippen LogP contribution in [0.4, 0.5) is 0 Å². The predicted molar refractivity (Wildman–Crippen MR) is 74.3 cm³/mol. The second-order valence-electron chi connectivity index (χ2n) is 4.86. The van der Waals surface area contributed by atoms with Gasteiger partial charge in [-0.3, -0.25) is 4.79 Å². The van der Waals surface area contributed by atoms with E-state index >= 15 is 0 Å². The molecule has 0 aliphatic rings. The third-order valence-corrected chi connectivity index (χ3v) is 3.16. The monoisotopic (exact) mass is 276 g/mol. The molecule has 6 heteroatoms. The van der Waals surface area contributed by atoms with E-state index in [4.69, 9.17) is 4.42 Å². The van der Waals surface area contributed by atoms with Crippen molar-refractivity contribution in [2.45, 2.75) is 39.7 Å². The summed E-state index contributed by atoms with van der Waals surface area (Å²) in [6.45, 7) is 5.57. The van der Waals surface area contributed by atoms with Gasteiger partial charge in [0.15, 0.2) is 5.89 Å². The fourth-order valence-electron chi connectivity index (χ4n) is 2.23. The summed E-state index contributed by atoms with van der Waals surface area (Å²) in [5.41, 5.74) is 0.607. The highest BCUT2D eigenvalue weighted by Crippen LogP contribution is 2.18. The first-order valence-corrected chi connectivity index (χ1v) is 6.75. The van der Waals surface area contributed by atoms with E-state index < -0.39 is 0 Å². The van der Waals surface area contributed by atoms with Crippen LogP contribution in [-0.2, 0) is 7.05 Å². The van der Waals surface area contributed by atoms with Crippen LogP contribution in [0.5, 0.6) is 0 Å². The molecule has 0 fully saturated rings. The van der Waals surface area contributed by atoms with Gasteiger partial charge in [-0.25, -0.2) is 9.97 Å². The molecule has 2 rings (SSSR count). The number of carbonyl (C=O) groups is 1. The van der Waals surface area contributed by atoms with Gasteiger partial charge in [0.05, 0.1) is 11.7 Å². The number of nitrogens with one attached hydrogen (secondary N) is 1. The fourth-order valence-corrected chi connectivity index (χ4v) is 2.23. The molecule has 20 heavy (non-hydrogen) atoms. The number of hydrogen-bond donors (Lipinski definition) is 1. The largest absolute Gasteiger partial charge is 0.436 e. The highest BCUT2D eigenvalue weighted by atomic mass is 16.4. The minimum Gasteiger partial charge on any atom is -0.436 e. The van der Waals surface area contributed by atoms with E-state index in [2.05, 4.69) is 22.2 Å². The Morgan fingerprint density at radius 2 is 2.25 bits per heavy atom. The number of hydrogen-bond acceptors (Lipinski definition) is 4. The minimum atomic E-state index is -0.246. The average molecular weight is 276 g/mol. The van der Waals surface area contributed by atoms with Crippen LogP contribution in [0.15, 0.2) is 16.8 Å². The Balaban J connectivity index is 2.18. The van der Waals surface area contributed by atoms with Crippen LogP contribution in [0.25, 0.3) is 0 Å². The lowest BCUT2D eigenvalue weighted by Crippen LogP contribution is -2.30. The fraction of sp³-hybridized carbons (Fsp3) is 0.500. The van der Waals surface area contributed by atoms with E-state index in [1.165, 1.54) is 0 Å². The van der Waals surface area contributed by atoms with Crippen LogP contribution < -0.4 is 5.32 Å². The summed E-state index contributed by atoms with van der Waals surface area (Å²) in [5.74, 6) is 1.37. The minimum absolute atomic E-state index is 0.127. The molecule has 1 N–H and O–H groups in total. The Labute approximate surface area is 118 Å². The quantitative estimate of drug-likeness (QED) is 0.909. The molecular weight excluding hydrogens is 256 g/mol. The third-order valence-electron chi connectivity index (χ3n) is 3.16. The molecule has 0 aliphatic carbocycles. The molecule has 0 unspecified atom stereocenters. The first-order valence-electron chi connectivity index (χ1n) is 6.75. The van der Waals surface area contributed by atoms with Gasteiger partial charge in [0.1, 0.15) is 5.82 Å². The van der Waals surface area contributed by atoms with Gasteiger partial charge in [0.2, 0.25) is 5.76 Å². The van der Waals surface area contributed by atoms with Crippen molar-refractivity contribution in [1.82, 2.24) is 19.9 Å². The van der Waals surface area contributed by atoms with Gasteiger partial charge in [0.25, 0.3) is 5.91 Å². The average Bonchev–Trinajstić information content (AvgIpc) is 2.94. The van der Waals surface area contributed by atoms with Crippen LogP contribution in [-0.4, -0.2) is 20.4 Å². The smallest absolute Gasteiger partial charge is 0.289 e.